The molecule has 0 spiro atoms. The lowest BCUT2D eigenvalue weighted by molar-refractivity contribution is -0.134. The van der Waals surface area contributed by atoms with E-state index in [0.29, 0.717) is 17.0 Å². The van der Waals surface area contributed by atoms with Gasteiger partial charge in [-0.05, 0) is 59.8 Å². The van der Waals surface area contributed by atoms with E-state index >= 15 is 0 Å². The summed E-state index contributed by atoms with van der Waals surface area (Å²) in [5.74, 6) is -1.18. The van der Waals surface area contributed by atoms with Crippen molar-refractivity contribution in [1.29, 1.82) is 0 Å². The first-order chi connectivity index (χ1) is 19.5. The molecule has 1 aliphatic rings. The Labute approximate surface area is 236 Å². The predicted octanol–water partition coefficient (Wildman–Crippen LogP) is 0.921. The summed E-state index contributed by atoms with van der Waals surface area (Å²) in [4.78, 5) is 27.3. The summed E-state index contributed by atoms with van der Waals surface area (Å²) in [6.45, 7) is 3.32. The van der Waals surface area contributed by atoms with Crippen LogP contribution in [-0.4, -0.2) is 93.6 Å². The average Bonchev–Trinajstić information content (AvgIpc) is 3.45. The summed E-state index contributed by atoms with van der Waals surface area (Å²) < 4.78 is 48.6. The highest BCUT2D eigenvalue weighted by Gasteiger charge is 2.33. The number of nitrogens with zero attached hydrogens (tertiary/aromatic N) is 6. The molecule has 3 aromatic rings. The van der Waals surface area contributed by atoms with Gasteiger partial charge in [-0.2, -0.15) is 4.31 Å². The van der Waals surface area contributed by atoms with Gasteiger partial charge in [-0.3, -0.25) is 9.59 Å². The first kappa shape index (κ1) is 30.0. The first-order valence-electron chi connectivity index (χ1n) is 12.9. The monoisotopic (exact) mass is 589 g/mol. The molecule has 2 heterocycles. The van der Waals surface area contributed by atoms with Crippen LogP contribution in [0.1, 0.15) is 19.4 Å². The number of hydrogen-bond donors (Lipinski definition) is 2. The summed E-state index contributed by atoms with van der Waals surface area (Å²) in [7, 11) is -2.56. The number of carbonyl (C=O) groups is 2. The summed E-state index contributed by atoms with van der Waals surface area (Å²) in [6, 6.07) is 8.92. The van der Waals surface area contributed by atoms with Gasteiger partial charge >= 0.3 is 0 Å². The maximum Gasteiger partial charge on any atom is 0.246 e. The zero-order chi connectivity index (χ0) is 29.7. The molecule has 2 aromatic carbocycles. The lowest BCUT2D eigenvalue weighted by Crippen LogP contribution is -2.48. The number of halogens is 1. The normalized spacial score (nSPS) is 18.6. The Kier molecular flexibility index (Phi) is 9.30. The van der Waals surface area contributed by atoms with Crippen molar-refractivity contribution in [2.45, 2.75) is 43.9 Å². The third-order valence-corrected chi connectivity index (χ3v) is 8.69. The molecule has 0 fully saturated rings. The molecule has 13 nitrogen and oxygen atoms in total. The van der Waals surface area contributed by atoms with Crippen LogP contribution >= 0.6 is 0 Å². The van der Waals surface area contributed by atoms with Crippen molar-refractivity contribution in [3.05, 3.63) is 60.2 Å². The topological polar surface area (TPSA) is 160 Å². The second kappa shape index (κ2) is 12.7. The number of amides is 2. The fraction of sp³-hybridized carbons (Fsp3) is 0.423. The number of hydrogen-bond acceptors (Lipinski definition) is 9. The second-order valence-corrected chi connectivity index (χ2v) is 12.1. The summed E-state index contributed by atoms with van der Waals surface area (Å²) in [6.07, 6.45) is 0.537. The number of ether oxygens (including phenoxy) is 1. The third kappa shape index (κ3) is 7.23. The number of fused-ring (bicyclic) bond motifs is 1. The average molecular weight is 590 g/mol. The molecule has 3 atom stereocenters. The van der Waals surface area contributed by atoms with Crippen molar-refractivity contribution < 1.29 is 32.2 Å². The molecule has 0 bridgehead atoms. The Balaban J connectivity index is 1.62. The largest absolute Gasteiger partial charge is 0.488 e. The standard InChI is InChI=1S/C26H32FN7O6S/c1-17-12-34(18(2)15-35)26(37)11-19-10-21(29-25(36)14-33-16-28-30-31-33)6-9-23(19)40-24(17)13-32(3)41(38,39)22-7-4-20(27)5-8-22/h4-10,16-18,24,35H,11-15H2,1-3H3,(H,29,36)/t17-,18-,24-/m1/s1. The number of sulfonamides is 1. The second-order valence-electron chi connectivity index (χ2n) is 10.0. The van der Waals surface area contributed by atoms with Crippen LogP contribution in [0.15, 0.2) is 53.7 Å². The van der Waals surface area contributed by atoms with E-state index in [2.05, 4.69) is 20.8 Å². The van der Waals surface area contributed by atoms with Gasteiger partial charge < -0.3 is 20.1 Å². The highest BCUT2D eigenvalue weighted by Crippen LogP contribution is 2.30. The van der Waals surface area contributed by atoms with Crippen LogP contribution < -0.4 is 10.1 Å². The van der Waals surface area contributed by atoms with Gasteiger partial charge in [0.25, 0.3) is 0 Å². The van der Waals surface area contributed by atoms with Crippen LogP contribution in [0.3, 0.4) is 0 Å². The van der Waals surface area contributed by atoms with Gasteiger partial charge in [0, 0.05) is 30.8 Å². The van der Waals surface area contributed by atoms with E-state index in [9.17, 15) is 27.5 Å². The third-order valence-electron chi connectivity index (χ3n) is 6.86. The minimum absolute atomic E-state index is 0.0646. The Hall–Kier alpha value is -3.95. The quantitative estimate of drug-likeness (QED) is 0.370. The van der Waals surface area contributed by atoms with Gasteiger partial charge in [0.2, 0.25) is 21.8 Å². The number of benzene rings is 2. The predicted molar refractivity (Wildman–Crippen MR) is 145 cm³/mol. The number of aromatic nitrogens is 4. The van der Waals surface area contributed by atoms with Crippen LogP contribution in [0.4, 0.5) is 10.1 Å². The fourth-order valence-corrected chi connectivity index (χ4v) is 5.65. The Morgan fingerprint density at radius 1 is 1.27 bits per heavy atom. The van der Waals surface area contributed by atoms with E-state index in [1.165, 1.54) is 30.2 Å². The van der Waals surface area contributed by atoms with Crippen molar-refractivity contribution in [2.75, 3.05) is 32.1 Å². The maximum absolute atomic E-state index is 13.4. The molecule has 41 heavy (non-hydrogen) atoms. The van der Waals surface area contributed by atoms with E-state index in [1.807, 2.05) is 6.92 Å². The lowest BCUT2D eigenvalue weighted by atomic mass is 10.0. The van der Waals surface area contributed by atoms with Crippen molar-refractivity contribution in [3.8, 4) is 5.75 Å². The van der Waals surface area contributed by atoms with E-state index in [4.69, 9.17) is 4.74 Å². The van der Waals surface area contributed by atoms with Gasteiger partial charge in [-0.1, -0.05) is 6.92 Å². The molecule has 0 saturated heterocycles. The van der Waals surface area contributed by atoms with E-state index in [1.54, 1.807) is 30.0 Å². The molecule has 0 unspecified atom stereocenters. The Morgan fingerprint density at radius 3 is 2.66 bits per heavy atom. The molecular weight excluding hydrogens is 557 g/mol. The van der Waals surface area contributed by atoms with Crippen LogP contribution in [-0.2, 0) is 32.6 Å². The van der Waals surface area contributed by atoms with Crippen molar-refractivity contribution >= 4 is 27.5 Å². The van der Waals surface area contributed by atoms with Gasteiger partial charge in [-0.25, -0.2) is 17.5 Å². The van der Waals surface area contributed by atoms with Gasteiger partial charge in [-0.15, -0.1) is 5.10 Å². The number of tetrazole rings is 1. The van der Waals surface area contributed by atoms with Crippen LogP contribution in [0.2, 0.25) is 0 Å². The maximum atomic E-state index is 13.4. The van der Waals surface area contributed by atoms with Crippen molar-refractivity contribution in [3.63, 3.8) is 0 Å². The number of aliphatic hydroxyl groups is 1. The van der Waals surface area contributed by atoms with Crippen LogP contribution in [0.5, 0.6) is 5.75 Å². The highest BCUT2D eigenvalue weighted by molar-refractivity contribution is 7.89. The van der Waals surface area contributed by atoms with E-state index in [0.717, 1.165) is 16.4 Å². The summed E-state index contributed by atoms with van der Waals surface area (Å²) >= 11 is 0. The molecule has 15 heteroatoms. The number of anilines is 1. The highest BCUT2D eigenvalue weighted by atomic mass is 32.2. The molecule has 4 rings (SSSR count). The molecule has 0 aliphatic carbocycles. The summed E-state index contributed by atoms with van der Waals surface area (Å²) in [5, 5.41) is 23.2. The molecule has 220 valence electrons. The number of aliphatic hydroxyl groups excluding tert-OH is 1. The lowest BCUT2D eigenvalue weighted by Gasteiger charge is -2.33. The number of rotatable bonds is 9. The smallest absolute Gasteiger partial charge is 0.246 e. The van der Waals surface area contributed by atoms with Gasteiger partial charge in [0.05, 0.1) is 30.5 Å². The number of likely N-dealkylation sites (N-methyl/N-ethyl adjacent to an activating group) is 1. The minimum Gasteiger partial charge on any atom is -0.488 e. The molecule has 2 N–H and O–H groups in total. The Bertz CT molecular complexity index is 1470. The fourth-order valence-electron chi connectivity index (χ4n) is 4.46. The summed E-state index contributed by atoms with van der Waals surface area (Å²) in [5.41, 5.74) is 0.897. The van der Waals surface area contributed by atoms with Gasteiger partial charge in [0.1, 0.15) is 30.5 Å². The van der Waals surface area contributed by atoms with Crippen molar-refractivity contribution in [2.24, 2.45) is 5.92 Å². The minimum atomic E-state index is -3.97. The zero-order valence-electron chi connectivity index (χ0n) is 22.8. The number of nitrogens with one attached hydrogen (secondary N) is 1. The first-order valence-corrected chi connectivity index (χ1v) is 14.3. The molecule has 0 saturated carbocycles. The molecular formula is C26H32FN7O6S. The molecule has 1 aliphatic heterocycles. The van der Waals surface area contributed by atoms with Crippen LogP contribution in [0, 0.1) is 11.7 Å². The van der Waals surface area contributed by atoms with Crippen molar-refractivity contribution in [1.82, 2.24) is 29.4 Å². The van der Waals surface area contributed by atoms with E-state index in [-0.39, 0.29) is 55.3 Å². The van der Waals surface area contributed by atoms with Crippen LogP contribution in [0.25, 0.3) is 0 Å². The molecule has 2 amide bonds. The number of carbonyl (C=O) groups excluding carboxylic acids is 2. The molecule has 1 aromatic heterocycles. The SMILES string of the molecule is C[C@@H]1CN([C@H](C)CO)C(=O)Cc2cc(NC(=O)Cn3cnnn3)ccc2O[C@@H]1CN(C)S(=O)(=O)c1ccc(F)cc1. The Morgan fingerprint density at radius 2 is 2.00 bits per heavy atom. The molecule has 0 radical (unpaired) electrons. The van der Waals surface area contributed by atoms with Gasteiger partial charge in [0.15, 0.2) is 0 Å². The van der Waals surface area contributed by atoms with E-state index < -0.39 is 28.0 Å². The zero-order valence-corrected chi connectivity index (χ0v) is 23.7.